The van der Waals surface area contributed by atoms with Crippen molar-refractivity contribution in [1.82, 2.24) is 20.1 Å². The summed E-state index contributed by atoms with van der Waals surface area (Å²) >= 11 is 1.20. The van der Waals surface area contributed by atoms with Crippen LogP contribution in [0.2, 0.25) is 0 Å². The number of ketones is 1. The van der Waals surface area contributed by atoms with E-state index in [0.717, 1.165) is 5.69 Å². The van der Waals surface area contributed by atoms with E-state index in [4.69, 9.17) is 9.47 Å². The summed E-state index contributed by atoms with van der Waals surface area (Å²) in [6, 6.07) is 10.9. The van der Waals surface area contributed by atoms with Crippen LogP contribution in [0.1, 0.15) is 23.1 Å². The molecule has 0 radical (unpaired) electrons. The van der Waals surface area contributed by atoms with Crippen molar-refractivity contribution in [1.29, 1.82) is 0 Å². The second kappa shape index (κ2) is 9.69. The van der Waals surface area contributed by atoms with Crippen molar-refractivity contribution in [3.05, 3.63) is 64.0 Å². The molecule has 1 N–H and O–H groups in total. The number of aromatic nitrogens is 3. The molecular weight excluding hydrogens is 450 g/mol. The van der Waals surface area contributed by atoms with Gasteiger partial charge in [0.1, 0.15) is 5.82 Å². The van der Waals surface area contributed by atoms with Crippen LogP contribution >= 0.6 is 11.8 Å². The predicted molar refractivity (Wildman–Crippen MR) is 118 cm³/mol. The molecule has 0 fully saturated rings. The maximum Gasteiger partial charge on any atom is 0.269 e. The number of nitro benzene ring substituents is 1. The minimum atomic E-state index is -0.515. The number of nitro groups is 1. The van der Waals surface area contributed by atoms with Gasteiger partial charge in [0.15, 0.2) is 22.4 Å². The van der Waals surface area contributed by atoms with Crippen LogP contribution < -0.4 is 14.8 Å². The number of hydrogen-bond acceptors (Lipinski definition) is 9. The maximum absolute atomic E-state index is 12.6. The molecule has 4 rings (SSSR count). The molecule has 0 unspecified atom stereocenters. The highest BCUT2D eigenvalue weighted by atomic mass is 32.2. The summed E-state index contributed by atoms with van der Waals surface area (Å²) in [6.07, 6.45) is 0.428. The van der Waals surface area contributed by atoms with Gasteiger partial charge in [-0.05, 0) is 24.3 Å². The molecule has 170 valence electrons. The van der Waals surface area contributed by atoms with Crippen LogP contribution in [0.3, 0.4) is 0 Å². The molecule has 0 spiro atoms. The Morgan fingerprint density at radius 1 is 1.15 bits per heavy atom. The molecule has 0 bridgehead atoms. The molecule has 1 aromatic heterocycles. The fourth-order valence-corrected chi connectivity index (χ4v) is 4.04. The SMILES string of the molecule is CC(=O)NCCc1nnc(SCC(=O)c2ccc([N+](=O)[O-])cc2)n1-c1ccc2c(c1)OCO2. The number of rotatable bonds is 9. The minimum Gasteiger partial charge on any atom is -0.454 e. The number of fused-ring (bicyclic) bond motifs is 1. The zero-order valence-electron chi connectivity index (χ0n) is 17.5. The van der Waals surface area contributed by atoms with Gasteiger partial charge in [-0.3, -0.25) is 24.3 Å². The highest BCUT2D eigenvalue weighted by Gasteiger charge is 2.20. The maximum atomic E-state index is 12.6. The first-order chi connectivity index (χ1) is 15.9. The standard InChI is InChI=1S/C21H19N5O6S/c1-13(27)22-9-8-20-23-24-21(25(20)16-6-7-18-19(10-16)32-12-31-18)33-11-17(28)14-2-4-15(5-3-14)26(29)30/h2-7,10H,8-9,11-12H2,1H3,(H,22,27). The third-order valence-electron chi connectivity index (χ3n) is 4.77. The Labute approximate surface area is 192 Å². The summed E-state index contributed by atoms with van der Waals surface area (Å²) in [7, 11) is 0. The first-order valence-corrected chi connectivity index (χ1v) is 10.9. The number of benzene rings is 2. The fourth-order valence-electron chi connectivity index (χ4n) is 3.17. The van der Waals surface area contributed by atoms with E-state index in [2.05, 4.69) is 15.5 Å². The van der Waals surface area contributed by atoms with Gasteiger partial charge in [-0.25, -0.2) is 0 Å². The molecule has 2 aromatic carbocycles. The molecule has 12 heteroatoms. The third-order valence-corrected chi connectivity index (χ3v) is 5.70. The molecule has 0 saturated carbocycles. The highest BCUT2D eigenvalue weighted by molar-refractivity contribution is 7.99. The summed E-state index contributed by atoms with van der Waals surface area (Å²) in [4.78, 5) is 34.1. The van der Waals surface area contributed by atoms with Gasteiger partial charge >= 0.3 is 0 Å². The minimum absolute atomic E-state index is 0.0617. The van der Waals surface area contributed by atoms with Gasteiger partial charge in [-0.2, -0.15) is 0 Å². The van der Waals surface area contributed by atoms with E-state index in [1.165, 1.54) is 43.0 Å². The lowest BCUT2D eigenvalue weighted by atomic mass is 10.1. The fraction of sp³-hybridized carbons (Fsp3) is 0.238. The van der Waals surface area contributed by atoms with Crippen molar-refractivity contribution in [2.24, 2.45) is 0 Å². The largest absolute Gasteiger partial charge is 0.454 e. The summed E-state index contributed by atoms with van der Waals surface area (Å²) in [6.45, 7) is 1.96. The molecule has 0 atom stereocenters. The Bertz CT molecular complexity index is 1210. The van der Waals surface area contributed by atoms with Crippen LogP contribution in [0, 0.1) is 10.1 Å². The van der Waals surface area contributed by atoms with Crippen LogP contribution in [-0.4, -0.2) is 50.5 Å². The molecule has 1 aliphatic heterocycles. The zero-order valence-corrected chi connectivity index (χ0v) is 18.3. The van der Waals surface area contributed by atoms with Gasteiger partial charge in [0.05, 0.1) is 16.4 Å². The van der Waals surface area contributed by atoms with Crippen molar-refractivity contribution in [2.45, 2.75) is 18.5 Å². The lowest BCUT2D eigenvalue weighted by Gasteiger charge is -2.11. The van der Waals surface area contributed by atoms with E-state index in [1.807, 2.05) is 6.07 Å². The van der Waals surface area contributed by atoms with Gasteiger partial charge in [0.2, 0.25) is 12.7 Å². The van der Waals surface area contributed by atoms with Crippen molar-refractivity contribution in [3.63, 3.8) is 0 Å². The Hall–Kier alpha value is -3.93. The molecule has 1 aliphatic rings. The summed E-state index contributed by atoms with van der Waals surface area (Å²) in [5, 5.41) is 22.5. The Morgan fingerprint density at radius 3 is 2.64 bits per heavy atom. The number of Topliss-reactive ketones (excluding diaryl/α,β-unsaturated/α-hetero) is 1. The number of carbonyl (C=O) groups excluding carboxylic acids is 2. The van der Waals surface area contributed by atoms with Gasteiger partial charge < -0.3 is 14.8 Å². The Balaban J connectivity index is 1.55. The van der Waals surface area contributed by atoms with Crippen molar-refractivity contribution in [2.75, 3.05) is 19.1 Å². The molecule has 2 heterocycles. The first-order valence-electron chi connectivity index (χ1n) is 9.91. The van der Waals surface area contributed by atoms with Gasteiger partial charge in [0.25, 0.3) is 5.69 Å². The topological polar surface area (TPSA) is 138 Å². The van der Waals surface area contributed by atoms with Gasteiger partial charge in [0, 0.05) is 43.7 Å². The summed E-state index contributed by atoms with van der Waals surface area (Å²) < 4.78 is 12.6. The van der Waals surface area contributed by atoms with Crippen LogP contribution in [0.4, 0.5) is 5.69 Å². The van der Waals surface area contributed by atoms with Gasteiger partial charge in [-0.15, -0.1) is 10.2 Å². The number of nitrogens with one attached hydrogen (secondary N) is 1. The van der Waals surface area contributed by atoms with E-state index in [-0.39, 0.29) is 29.9 Å². The quantitative estimate of drug-likeness (QED) is 0.217. The van der Waals surface area contributed by atoms with Crippen LogP contribution in [0.15, 0.2) is 47.6 Å². The Morgan fingerprint density at radius 2 is 1.91 bits per heavy atom. The Kier molecular flexibility index (Phi) is 6.54. The second-order valence-corrected chi connectivity index (χ2v) is 7.96. The first kappa shape index (κ1) is 22.3. The normalized spacial score (nSPS) is 11.9. The highest BCUT2D eigenvalue weighted by Crippen LogP contribution is 2.35. The van der Waals surface area contributed by atoms with E-state index in [0.29, 0.717) is 41.0 Å². The van der Waals surface area contributed by atoms with Gasteiger partial charge in [-0.1, -0.05) is 11.8 Å². The smallest absolute Gasteiger partial charge is 0.269 e. The lowest BCUT2D eigenvalue weighted by Crippen LogP contribution is -2.23. The predicted octanol–water partition coefficient (Wildman–Crippen LogP) is 2.56. The van der Waals surface area contributed by atoms with Crippen LogP contribution in [-0.2, 0) is 11.2 Å². The number of thioether (sulfide) groups is 1. The third kappa shape index (κ3) is 5.12. The van der Waals surface area contributed by atoms with Crippen molar-refractivity contribution >= 4 is 29.1 Å². The van der Waals surface area contributed by atoms with E-state index < -0.39 is 4.92 Å². The number of non-ortho nitro benzene ring substituents is 1. The lowest BCUT2D eigenvalue weighted by molar-refractivity contribution is -0.384. The van der Waals surface area contributed by atoms with E-state index in [9.17, 15) is 19.7 Å². The zero-order chi connectivity index (χ0) is 23.4. The molecular formula is C21H19N5O6S. The number of nitrogens with zero attached hydrogens (tertiary/aromatic N) is 4. The van der Waals surface area contributed by atoms with Crippen molar-refractivity contribution < 1.29 is 24.0 Å². The molecule has 3 aromatic rings. The average Bonchev–Trinajstić information content (AvgIpc) is 3.43. The monoisotopic (exact) mass is 469 g/mol. The van der Waals surface area contributed by atoms with E-state index in [1.54, 1.807) is 16.7 Å². The van der Waals surface area contributed by atoms with E-state index >= 15 is 0 Å². The van der Waals surface area contributed by atoms with Crippen LogP contribution in [0.5, 0.6) is 11.5 Å². The number of amides is 1. The molecule has 0 saturated heterocycles. The molecule has 11 nitrogen and oxygen atoms in total. The number of hydrogen-bond donors (Lipinski definition) is 1. The van der Waals surface area contributed by atoms with Crippen molar-refractivity contribution in [3.8, 4) is 17.2 Å². The molecule has 1 amide bonds. The summed E-state index contributed by atoms with van der Waals surface area (Å²) in [5.74, 6) is 1.54. The molecule has 0 aliphatic carbocycles. The molecule has 33 heavy (non-hydrogen) atoms. The number of ether oxygens (including phenoxy) is 2. The second-order valence-electron chi connectivity index (χ2n) is 7.02. The number of carbonyl (C=O) groups is 2. The van der Waals surface area contributed by atoms with Crippen LogP contribution in [0.25, 0.3) is 5.69 Å². The summed E-state index contributed by atoms with van der Waals surface area (Å²) in [5.41, 5.74) is 1.02. The average molecular weight is 469 g/mol.